The number of nitrogens with one attached hydrogen (secondary N) is 1. The van der Waals surface area contributed by atoms with Gasteiger partial charge < -0.3 is 14.8 Å². The summed E-state index contributed by atoms with van der Waals surface area (Å²) in [5, 5.41) is 3.74. The molecular formula is C19H25N3O2S. The maximum absolute atomic E-state index is 12.7. The van der Waals surface area contributed by atoms with Crippen molar-refractivity contribution >= 4 is 34.5 Å². The number of carbonyl (C=O) groups excluding carboxylic acids is 2. The van der Waals surface area contributed by atoms with Crippen molar-refractivity contribution in [2.24, 2.45) is 5.92 Å². The predicted octanol–water partition coefficient (Wildman–Crippen LogP) is 2.74. The van der Waals surface area contributed by atoms with Gasteiger partial charge in [-0.25, -0.2) is 0 Å². The second-order valence-electron chi connectivity index (χ2n) is 6.66. The van der Waals surface area contributed by atoms with Crippen LogP contribution in [-0.2, 0) is 16.1 Å². The molecular weight excluding hydrogens is 334 g/mol. The molecule has 134 valence electrons. The van der Waals surface area contributed by atoms with Crippen molar-refractivity contribution < 1.29 is 9.59 Å². The van der Waals surface area contributed by atoms with E-state index in [2.05, 4.69) is 12.2 Å². The highest BCUT2D eigenvalue weighted by Gasteiger charge is 2.21. The maximum Gasteiger partial charge on any atom is 0.242 e. The molecule has 0 atom stereocenters. The quantitative estimate of drug-likeness (QED) is 0.835. The van der Waals surface area contributed by atoms with Gasteiger partial charge in [0.2, 0.25) is 11.8 Å². The largest absolute Gasteiger partial charge is 0.358 e. The zero-order valence-corrected chi connectivity index (χ0v) is 15.6. The molecule has 2 aromatic rings. The highest BCUT2D eigenvalue weighted by molar-refractivity contribution is 8.00. The van der Waals surface area contributed by atoms with E-state index in [1.54, 1.807) is 7.05 Å². The third-order valence-electron chi connectivity index (χ3n) is 4.83. The van der Waals surface area contributed by atoms with Crippen LogP contribution in [0.5, 0.6) is 0 Å². The van der Waals surface area contributed by atoms with Crippen molar-refractivity contribution in [3.63, 3.8) is 0 Å². The van der Waals surface area contributed by atoms with Gasteiger partial charge in [0.25, 0.3) is 0 Å². The van der Waals surface area contributed by atoms with Crippen LogP contribution in [0.4, 0.5) is 0 Å². The minimum Gasteiger partial charge on any atom is -0.358 e. The van der Waals surface area contributed by atoms with E-state index in [0.717, 1.165) is 41.7 Å². The van der Waals surface area contributed by atoms with E-state index in [9.17, 15) is 9.59 Å². The SMILES string of the molecule is CNC(=O)CSc1cn(CC(=O)N2CCC(C)CC2)c2ccccc12. The number of aromatic nitrogens is 1. The molecule has 1 aliphatic rings. The minimum absolute atomic E-state index is 0.000319. The van der Waals surface area contributed by atoms with Gasteiger partial charge in [-0.1, -0.05) is 25.1 Å². The van der Waals surface area contributed by atoms with Crippen LogP contribution in [-0.4, -0.2) is 47.2 Å². The minimum atomic E-state index is 0.000319. The molecule has 2 amide bonds. The summed E-state index contributed by atoms with van der Waals surface area (Å²) >= 11 is 1.51. The Balaban J connectivity index is 1.76. The number of fused-ring (bicyclic) bond motifs is 1. The number of piperidine rings is 1. The summed E-state index contributed by atoms with van der Waals surface area (Å²) < 4.78 is 2.02. The van der Waals surface area contributed by atoms with E-state index >= 15 is 0 Å². The lowest BCUT2D eigenvalue weighted by Gasteiger charge is -2.30. The van der Waals surface area contributed by atoms with Gasteiger partial charge in [0, 0.05) is 42.1 Å². The van der Waals surface area contributed by atoms with Gasteiger partial charge in [-0.2, -0.15) is 0 Å². The monoisotopic (exact) mass is 359 g/mol. The fourth-order valence-electron chi connectivity index (χ4n) is 3.18. The molecule has 0 saturated carbocycles. The molecule has 2 heterocycles. The molecule has 5 nitrogen and oxygen atoms in total. The van der Waals surface area contributed by atoms with Crippen LogP contribution in [0.15, 0.2) is 35.4 Å². The number of hydrogen-bond acceptors (Lipinski definition) is 3. The summed E-state index contributed by atoms with van der Waals surface area (Å²) in [5.41, 5.74) is 1.04. The summed E-state index contributed by atoms with van der Waals surface area (Å²) in [6, 6.07) is 8.06. The fourth-order valence-corrected chi connectivity index (χ4v) is 4.14. The average Bonchev–Trinajstić information content (AvgIpc) is 2.98. The number of para-hydroxylation sites is 1. The molecule has 6 heteroatoms. The van der Waals surface area contributed by atoms with E-state index in [1.165, 1.54) is 11.8 Å². The molecule has 1 fully saturated rings. The Morgan fingerprint density at radius 1 is 1.24 bits per heavy atom. The number of hydrogen-bond donors (Lipinski definition) is 1. The Bertz CT molecular complexity index is 763. The standard InChI is InChI=1S/C19H25N3O2S/c1-14-7-9-21(10-8-14)19(24)12-22-11-17(25-13-18(23)20-2)15-5-3-4-6-16(15)22/h3-6,11,14H,7-10,12-13H2,1-2H3,(H,20,23). The van der Waals surface area contributed by atoms with Crippen LogP contribution in [0, 0.1) is 5.92 Å². The normalized spacial score (nSPS) is 15.5. The first-order chi connectivity index (χ1) is 12.1. The van der Waals surface area contributed by atoms with E-state index in [4.69, 9.17) is 0 Å². The van der Waals surface area contributed by atoms with E-state index in [1.807, 2.05) is 39.9 Å². The third kappa shape index (κ3) is 4.18. The average molecular weight is 359 g/mol. The Hall–Kier alpha value is -1.95. The van der Waals surface area contributed by atoms with Crippen molar-refractivity contribution in [3.8, 4) is 0 Å². The molecule has 1 aromatic heterocycles. The molecule has 0 aliphatic carbocycles. The lowest BCUT2D eigenvalue weighted by Crippen LogP contribution is -2.39. The molecule has 25 heavy (non-hydrogen) atoms. The number of rotatable bonds is 5. The van der Waals surface area contributed by atoms with Crippen LogP contribution < -0.4 is 5.32 Å². The number of carbonyl (C=O) groups is 2. The number of amides is 2. The van der Waals surface area contributed by atoms with E-state index in [0.29, 0.717) is 18.2 Å². The highest BCUT2D eigenvalue weighted by Crippen LogP contribution is 2.30. The second kappa shape index (κ2) is 7.95. The number of nitrogens with zero attached hydrogens (tertiary/aromatic N) is 2. The van der Waals surface area contributed by atoms with Gasteiger partial charge in [0.15, 0.2) is 0 Å². The fraction of sp³-hybridized carbons (Fsp3) is 0.474. The summed E-state index contributed by atoms with van der Waals surface area (Å²) in [6.45, 7) is 4.32. The first-order valence-electron chi connectivity index (χ1n) is 8.77. The Kier molecular flexibility index (Phi) is 5.68. The summed E-state index contributed by atoms with van der Waals surface area (Å²) in [4.78, 5) is 27.2. The van der Waals surface area contributed by atoms with Gasteiger partial charge >= 0.3 is 0 Å². The molecule has 3 rings (SSSR count). The molecule has 0 bridgehead atoms. The van der Waals surface area contributed by atoms with Gasteiger partial charge in [0.1, 0.15) is 6.54 Å². The molecule has 0 unspecified atom stereocenters. The summed E-state index contributed by atoms with van der Waals surface area (Å²) in [5.74, 6) is 1.27. The third-order valence-corrected chi connectivity index (χ3v) is 5.87. The Morgan fingerprint density at radius 2 is 1.96 bits per heavy atom. The first kappa shape index (κ1) is 17.9. The van der Waals surface area contributed by atoms with Gasteiger partial charge in [0.05, 0.1) is 5.75 Å². The van der Waals surface area contributed by atoms with Crippen molar-refractivity contribution in [1.82, 2.24) is 14.8 Å². The molecule has 1 N–H and O–H groups in total. The van der Waals surface area contributed by atoms with Crippen molar-refractivity contribution in [1.29, 1.82) is 0 Å². The van der Waals surface area contributed by atoms with Crippen LogP contribution in [0.1, 0.15) is 19.8 Å². The van der Waals surface area contributed by atoms with Gasteiger partial charge in [-0.15, -0.1) is 11.8 Å². The molecule has 1 aromatic carbocycles. The van der Waals surface area contributed by atoms with Crippen LogP contribution in [0.2, 0.25) is 0 Å². The van der Waals surface area contributed by atoms with Crippen molar-refractivity contribution in [3.05, 3.63) is 30.5 Å². The lowest BCUT2D eigenvalue weighted by atomic mass is 9.99. The highest BCUT2D eigenvalue weighted by atomic mass is 32.2. The van der Waals surface area contributed by atoms with Crippen LogP contribution in [0.25, 0.3) is 10.9 Å². The van der Waals surface area contributed by atoms with Gasteiger partial charge in [-0.05, 0) is 24.8 Å². The molecule has 1 saturated heterocycles. The lowest BCUT2D eigenvalue weighted by molar-refractivity contribution is -0.133. The smallest absolute Gasteiger partial charge is 0.242 e. The summed E-state index contributed by atoms with van der Waals surface area (Å²) in [6.07, 6.45) is 4.18. The molecule has 1 aliphatic heterocycles. The zero-order chi connectivity index (χ0) is 17.8. The predicted molar refractivity (Wildman–Crippen MR) is 102 cm³/mol. The molecule has 0 radical (unpaired) electrons. The van der Waals surface area contributed by atoms with Crippen LogP contribution in [0.3, 0.4) is 0 Å². The van der Waals surface area contributed by atoms with E-state index < -0.39 is 0 Å². The molecule has 0 spiro atoms. The number of benzene rings is 1. The second-order valence-corrected chi connectivity index (χ2v) is 7.68. The Labute approximate surface area is 152 Å². The zero-order valence-electron chi connectivity index (χ0n) is 14.8. The van der Waals surface area contributed by atoms with E-state index in [-0.39, 0.29) is 11.8 Å². The summed E-state index contributed by atoms with van der Waals surface area (Å²) in [7, 11) is 1.64. The Morgan fingerprint density at radius 3 is 2.68 bits per heavy atom. The van der Waals surface area contributed by atoms with Crippen molar-refractivity contribution in [2.45, 2.75) is 31.2 Å². The number of thioether (sulfide) groups is 1. The van der Waals surface area contributed by atoms with Crippen LogP contribution >= 0.6 is 11.8 Å². The topological polar surface area (TPSA) is 54.3 Å². The first-order valence-corrected chi connectivity index (χ1v) is 9.76. The van der Waals surface area contributed by atoms with Gasteiger partial charge in [-0.3, -0.25) is 9.59 Å². The maximum atomic E-state index is 12.7. The number of likely N-dealkylation sites (tertiary alicyclic amines) is 1. The van der Waals surface area contributed by atoms with Crippen molar-refractivity contribution in [2.75, 3.05) is 25.9 Å².